The number of amides is 1. The van der Waals surface area contributed by atoms with Gasteiger partial charge in [0.15, 0.2) is 10.7 Å². The molecular weight excluding hydrogens is 537 g/mol. The minimum absolute atomic E-state index is 0.0756. The van der Waals surface area contributed by atoms with Crippen molar-refractivity contribution in [2.45, 2.75) is 20.3 Å². The summed E-state index contributed by atoms with van der Waals surface area (Å²) in [6, 6.07) is 16.5. The van der Waals surface area contributed by atoms with E-state index in [4.69, 9.17) is 16.6 Å². The van der Waals surface area contributed by atoms with Gasteiger partial charge in [-0.3, -0.25) is 10.1 Å². The van der Waals surface area contributed by atoms with Crippen LogP contribution in [-0.4, -0.2) is 21.1 Å². The van der Waals surface area contributed by atoms with Crippen LogP contribution in [0.3, 0.4) is 0 Å². The van der Waals surface area contributed by atoms with Crippen molar-refractivity contribution in [3.8, 4) is 17.2 Å². The summed E-state index contributed by atoms with van der Waals surface area (Å²) in [5.74, 6) is 0.0896. The van der Waals surface area contributed by atoms with E-state index in [1.807, 2.05) is 30.3 Å². The number of aryl methyl sites for hydroxylation is 2. The topological polar surface area (TPSA) is 87.4 Å². The molecule has 0 saturated heterocycles. The van der Waals surface area contributed by atoms with Gasteiger partial charge >= 0.3 is 0 Å². The molecule has 6 nitrogen and oxygen atoms in total. The number of nitrogens with zero attached hydrogens (tertiary/aromatic N) is 1. The molecule has 0 aliphatic rings. The maximum Gasteiger partial charge on any atom is 0.258 e. The molecule has 3 N–H and O–H groups in total. The second-order valence-corrected chi connectivity index (χ2v) is 8.82. The summed E-state index contributed by atoms with van der Waals surface area (Å²) in [5, 5.41) is 16.5. The maximum atomic E-state index is 12.5. The molecule has 8 heteroatoms. The number of aromatic nitrogens is 1. The molecule has 1 amide bonds. The maximum absolute atomic E-state index is 12.5. The van der Waals surface area contributed by atoms with Crippen LogP contribution in [0.1, 0.15) is 28.4 Å². The lowest BCUT2D eigenvalue weighted by atomic mass is 10.1. The van der Waals surface area contributed by atoms with Crippen LogP contribution in [0.25, 0.3) is 22.6 Å². The number of rotatable bonds is 4. The second-order valence-electron chi connectivity index (χ2n) is 7.25. The molecule has 1 aromatic heterocycles. The average molecular weight is 557 g/mol. The quantitative estimate of drug-likeness (QED) is 0.167. The normalized spacial score (nSPS) is 10.8. The Hall–Kier alpha value is -2.98. The summed E-state index contributed by atoms with van der Waals surface area (Å²) >= 11 is 7.43. The number of anilines is 1. The smallest absolute Gasteiger partial charge is 0.258 e. The lowest BCUT2D eigenvalue weighted by molar-refractivity contribution is 0.0977. The number of phenols is 1. The van der Waals surface area contributed by atoms with Gasteiger partial charge < -0.3 is 14.8 Å². The van der Waals surface area contributed by atoms with Gasteiger partial charge in [-0.05, 0) is 95.7 Å². The molecule has 0 spiro atoms. The number of nitrogens with one attached hydrogen (secondary N) is 2. The molecule has 0 unspecified atom stereocenters. The Morgan fingerprint density at radius 3 is 2.72 bits per heavy atom. The standard InChI is InChI=1S/C24H20IN3O3S/c1-3-14-8-9-20-19(11-14)27-23(31-20)17-12-15(10-13(2)21(17)29)26-24(32)28-22(30)16-6-4-5-7-18(16)25/h4-12,29H,3H2,1-2H3,(H2,26,28,30,32). The summed E-state index contributed by atoms with van der Waals surface area (Å²) in [6.07, 6.45) is 0.896. The predicted octanol–water partition coefficient (Wildman–Crippen LogP) is 5.80. The number of fused-ring (bicyclic) bond motifs is 1. The zero-order valence-electron chi connectivity index (χ0n) is 17.4. The van der Waals surface area contributed by atoms with Gasteiger partial charge in [0.2, 0.25) is 5.89 Å². The van der Waals surface area contributed by atoms with Gasteiger partial charge in [-0.2, -0.15) is 0 Å². The Labute approximate surface area is 204 Å². The van der Waals surface area contributed by atoms with Crippen molar-refractivity contribution in [2.24, 2.45) is 0 Å². The summed E-state index contributed by atoms with van der Waals surface area (Å²) in [5.41, 5.74) is 4.73. The van der Waals surface area contributed by atoms with Crippen LogP contribution >= 0.6 is 34.8 Å². The average Bonchev–Trinajstić information content (AvgIpc) is 3.19. The molecule has 0 fully saturated rings. The van der Waals surface area contributed by atoms with Crippen LogP contribution in [0.4, 0.5) is 5.69 Å². The largest absolute Gasteiger partial charge is 0.507 e. The van der Waals surface area contributed by atoms with Gasteiger partial charge in [0.25, 0.3) is 5.91 Å². The number of carbonyl (C=O) groups excluding carboxylic acids is 1. The molecule has 0 atom stereocenters. The number of carbonyl (C=O) groups is 1. The van der Waals surface area contributed by atoms with Crippen molar-refractivity contribution >= 4 is 62.6 Å². The lowest BCUT2D eigenvalue weighted by Gasteiger charge is -2.13. The molecule has 4 rings (SSSR count). The molecule has 0 aliphatic heterocycles. The molecule has 0 radical (unpaired) electrons. The minimum atomic E-state index is -0.297. The lowest BCUT2D eigenvalue weighted by Crippen LogP contribution is -2.34. The van der Waals surface area contributed by atoms with Crippen LogP contribution in [0, 0.1) is 10.5 Å². The third kappa shape index (κ3) is 4.61. The molecule has 4 aromatic rings. The zero-order valence-corrected chi connectivity index (χ0v) is 20.4. The SMILES string of the molecule is CCc1ccc2oc(-c3cc(NC(=S)NC(=O)c4ccccc4I)cc(C)c3O)nc2c1. The second kappa shape index (κ2) is 9.25. The van der Waals surface area contributed by atoms with E-state index in [0.29, 0.717) is 33.9 Å². The van der Waals surface area contributed by atoms with Crippen LogP contribution < -0.4 is 10.6 Å². The van der Waals surface area contributed by atoms with E-state index in [0.717, 1.165) is 21.1 Å². The first-order chi connectivity index (χ1) is 15.4. The fourth-order valence-corrected chi connectivity index (χ4v) is 4.14. The highest BCUT2D eigenvalue weighted by Crippen LogP contribution is 2.36. The number of thiocarbonyl (C=S) groups is 1. The van der Waals surface area contributed by atoms with Crippen LogP contribution in [0.5, 0.6) is 5.75 Å². The van der Waals surface area contributed by atoms with E-state index in [1.165, 1.54) is 0 Å². The third-order valence-electron chi connectivity index (χ3n) is 4.99. The summed E-state index contributed by atoms with van der Waals surface area (Å²) in [6.45, 7) is 3.85. The predicted molar refractivity (Wildman–Crippen MR) is 138 cm³/mol. The third-order valence-corrected chi connectivity index (χ3v) is 6.14. The van der Waals surface area contributed by atoms with Gasteiger partial charge in [0.05, 0.1) is 11.1 Å². The van der Waals surface area contributed by atoms with Crippen molar-refractivity contribution in [1.82, 2.24) is 10.3 Å². The molecule has 0 saturated carbocycles. The Kier molecular flexibility index (Phi) is 6.43. The summed E-state index contributed by atoms with van der Waals surface area (Å²) in [4.78, 5) is 17.1. The minimum Gasteiger partial charge on any atom is -0.507 e. The summed E-state index contributed by atoms with van der Waals surface area (Å²) in [7, 11) is 0. The Morgan fingerprint density at radius 1 is 1.19 bits per heavy atom. The van der Waals surface area contributed by atoms with Crippen molar-refractivity contribution in [1.29, 1.82) is 0 Å². The molecule has 1 heterocycles. The Bertz CT molecular complexity index is 1350. The molecule has 32 heavy (non-hydrogen) atoms. The number of oxazole rings is 1. The number of halogens is 1. The summed E-state index contributed by atoms with van der Waals surface area (Å²) < 4.78 is 6.71. The van der Waals surface area contributed by atoms with Crippen molar-refractivity contribution in [2.75, 3.05) is 5.32 Å². The van der Waals surface area contributed by atoms with Crippen LogP contribution in [0.15, 0.2) is 59.0 Å². The fourth-order valence-electron chi connectivity index (χ4n) is 3.30. The molecular formula is C24H20IN3O3S. The van der Waals surface area contributed by atoms with Gasteiger partial charge in [-0.1, -0.05) is 25.1 Å². The van der Waals surface area contributed by atoms with E-state index in [1.54, 1.807) is 31.2 Å². The molecule has 3 aromatic carbocycles. The fraction of sp³-hybridized carbons (Fsp3) is 0.125. The Morgan fingerprint density at radius 2 is 1.97 bits per heavy atom. The van der Waals surface area contributed by atoms with Gasteiger partial charge in [0.1, 0.15) is 11.3 Å². The van der Waals surface area contributed by atoms with E-state index < -0.39 is 0 Å². The van der Waals surface area contributed by atoms with Crippen LogP contribution in [-0.2, 0) is 6.42 Å². The van der Waals surface area contributed by atoms with Crippen molar-refractivity contribution in [3.05, 3.63) is 74.9 Å². The van der Waals surface area contributed by atoms with Crippen molar-refractivity contribution in [3.63, 3.8) is 0 Å². The van der Waals surface area contributed by atoms with E-state index in [2.05, 4.69) is 45.1 Å². The first-order valence-corrected chi connectivity index (χ1v) is 11.4. The van der Waals surface area contributed by atoms with Gasteiger partial charge in [0, 0.05) is 9.26 Å². The molecule has 162 valence electrons. The first kappa shape index (κ1) is 22.2. The molecule has 0 aliphatic carbocycles. The highest BCUT2D eigenvalue weighted by Gasteiger charge is 2.17. The molecule has 0 bridgehead atoms. The van der Waals surface area contributed by atoms with Gasteiger partial charge in [-0.25, -0.2) is 4.98 Å². The Balaban J connectivity index is 1.59. The van der Waals surface area contributed by atoms with E-state index in [-0.39, 0.29) is 16.8 Å². The van der Waals surface area contributed by atoms with Gasteiger partial charge in [-0.15, -0.1) is 0 Å². The number of aromatic hydroxyl groups is 1. The highest BCUT2D eigenvalue weighted by atomic mass is 127. The van der Waals surface area contributed by atoms with E-state index in [9.17, 15) is 9.90 Å². The zero-order chi connectivity index (χ0) is 22.8. The van der Waals surface area contributed by atoms with Crippen molar-refractivity contribution < 1.29 is 14.3 Å². The number of benzene rings is 3. The first-order valence-electron chi connectivity index (χ1n) is 9.96. The highest BCUT2D eigenvalue weighted by molar-refractivity contribution is 14.1. The van der Waals surface area contributed by atoms with Crippen LogP contribution in [0.2, 0.25) is 0 Å². The number of hydrogen-bond acceptors (Lipinski definition) is 5. The van der Waals surface area contributed by atoms with E-state index >= 15 is 0 Å². The number of phenolic OH excluding ortho intramolecular Hbond substituents is 1. The monoisotopic (exact) mass is 557 g/mol. The number of hydrogen-bond donors (Lipinski definition) is 3.